The average molecular weight is 210 g/mol. The molecule has 0 radical (unpaired) electrons. The fourth-order valence-electron chi connectivity index (χ4n) is 2.02. The van der Waals surface area contributed by atoms with Crippen LogP contribution in [-0.2, 0) is 11.2 Å². The van der Waals surface area contributed by atoms with Crippen LogP contribution in [0.25, 0.3) is 0 Å². The molecule has 0 saturated heterocycles. The molecule has 0 heterocycles. The van der Waals surface area contributed by atoms with E-state index in [1.165, 1.54) is 18.2 Å². The van der Waals surface area contributed by atoms with Crippen LogP contribution in [0.1, 0.15) is 23.7 Å². The molecule has 0 spiro atoms. The predicted octanol–water partition coefficient (Wildman–Crippen LogP) is 1.51. The zero-order valence-electron chi connectivity index (χ0n) is 7.98. The molecule has 0 aromatic heterocycles. The summed E-state index contributed by atoms with van der Waals surface area (Å²) in [4.78, 5) is 10.8. The molecule has 2 N–H and O–H groups in total. The zero-order valence-corrected chi connectivity index (χ0v) is 7.98. The number of carboxylic acid groups (broad SMARTS) is 1. The Morgan fingerprint density at radius 1 is 1.47 bits per heavy atom. The minimum atomic E-state index is -1.02. The molecule has 0 amide bonds. The van der Waals surface area contributed by atoms with Crippen molar-refractivity contribution in [2.75, 3.05) is 0 Å². The maximum Gasteiger partial charge on any atom is 0.309 e. The molecule has 1 aromatic carbocycles. The highest BCUT2D eigenvalue weighted by Crippen LogP contribution is 2.34. The van der Waals surface area contributed by atoms with Gasteiger partial charge in [-0.3, -0.25) is 4.79 Å². The van der Waals surface area contributed by atoms with E-state index in [1.54, 1.807) is 0 Å². The third-order valence-electron chi connectivity index (χ3n) is 2.85. The molecular weight excluding hydrogens is 199 g/mol. The van der Waals surface area contributed by atoms with E-state index in [9.17, 15) is 14.3 Å². The minimum Gasteiger partial charge on any atom is -0.481 e. The van der Waals surface area contributed by atoms with Gasteiger partial charge in [0.2, 0.25) is 0 Å². The number of rotatable bonds is 1. The number of aliphatic hydroxyl groups excluding tert-OH is 1. The van der Waals surface area contributed by atoms with Crippen LogP contribution in [0.4, 0.5) is 4.39 Å². The van der Waals surface area contributed by atoms with Crippen LogP contribution in [0.5, 0.6) is 0 Å². The Labute approximate surface area is 86.2 Å². The number of halogens is 1. The van der Waals surface area contributed by atoms with Gasteiger partial charge in [-0.2, -0.15) is 0 Å². The summed E-state index contributed by atoms with van der Waals surface area (Å²) in [5.41, 5.74) is 1.25. The molecule has 3 nitrogen and oxygen atoms in total. The molecule has 0 fully saturated rings. The van der Waals surface area contributed by atoms with Gasteiger partial charge in [0, 0.05) is 0 Å². The fourth-order valence-corrected chi connectivity index (χ4v) is 2.02. The molecular formula is C11H11FO3. The Hall–Kier alpha value is -1.42. The zero-order chi connectivity index (χ0) is 11.0. The number of hydrogen-bond acceptors (Lipinski definition) is 2. The van der Waals surface area contributed by atoms with Gasteiger partial charge >= 0.3 is 5.97 Å². The van der Waals surface area contributed by atoms with Crippen LogP contribution < -0.4 is 0 Å². The molecule has 1 aromatic rings. The number of benzene rings is 1. The number of fused-ring (bicyclic) bond motifs is 1. The number of carbonyl (C=O) groups is 1. The van der Waals surface area contributed by atoms with Gasteiger partial charge in [0.1, 0.15) is 5.82 Å². The van der Waals surface area contributed by atoms with Crippen molar-refractivity contribution in [3.05, 3.63) is 35.1 Å². The highest BCUT2D eigenvalue weighted by atomic mass is 19.1. The SMILES string of the molecule is O=C(O)C1CCc2cc(F)ccc2C1O. The Morgan fingerprint density at radius 2 is 2.20 bits per heavy atom. The van der Waals surface area contributed by atoms with E-state index < -0.39 is 18.0 Å². The maximum absolute atomic E-state index is 12.9. The lowest BCUT2D eigenvalue weighted by Crippen LogP contribution is -2.27. The molecule has 1 aliphatic carbocycles. The number of aliphatic carboxylic acids is 1. The van der Waals surface area contributed by atoms with Crippen LogP contribution in [0, 0.1) is 11.7 Å². The monoisotopic (exact) mass is 210 g/mol. The number of carboxylic acids is 1. The highest BCUT2D eigenvalue weighted by molar-refractivity contribution is 5.71. The summed E-state index contributed by atoms with van der Waals surface area (Å²) in [6, 6.07) is 4.06. The van der Waals surface area contributed by atoms with Gasteiger partial charge < -0.3 is 10.2 Å². The van der Waals surface area contributed by atoms with E-state index in [-0.39, 0.29) is 5.82 Å². The lowest BCUT2D eigenvalue weighted by Gasteiger charge is -2.27. The van der Waals surface area contributed by atoms with Gasteiger partial charge in [0.05, 0.1) is 12.0 Å². The van der Waals surface area contributed by atoms with Crippen LogP contribution in [-0.4, -0.2) is 16.2 Å². The Morgan fingerprint density at radius 3 is 2.87 bits per heavy atom. The molecule has 0 saturated carbocycles. The Bertz CT molecular complexity index is 403. The number of aliphatic hydroxyl groups is 1. The van der Waals surface area contributed by atoms with Crippen LogP contribution in [0.3, 0.4) is 0 Å². The molecule has 80 valence electrons. The largest absolute Gasteiger partial charge is 0.481 e. The molecule has 2 unspecified atom stereocenters. The van der Waals surface area contributed by atoms with E-state index >= 15 is 0 Å². The first-order valence-corrected chi connectivity index (χ1v) is 4.79. The summed E-state index contributed by atoms with van der Waals surface area (Å²) in [5.74, 6) is -2.13. The quantitative estimate of drug-likeness (QED) is 0.738. The van der Waals surface area contributed by atoms with Crippen molar-refractivity contribution < 1.29 is 19.4 Å². The van der Waals surface area contributed by atoms with Gasteiger partial charge in [0.25, 0.3) is 0 Å². The summed E-state index contributed by atoms with van der Waals surface area (Å²) < 4.78 is 12.9. The molecule has 0 aliphatic heterocycles. The van der Waals surface area contributed by atoms with E-state index in [2.05, 4.69) is 0 Å². The second-order valence-corrected chi connectivity index (χ2v) is 3.77. The molecule has 0 bridgehead atoms. The van der Waals surface area contributed by atoms with Crippen molar-refractivity contribution in [2.45, 2.75) is 18.9 Å². The maximum atomic E-state index is 12.9. The Balaban J connectivity index is 2.38. The first-order valence-electron chi connectivity index (χ1n) is 4.79. The third kappa shape index (κ3) is 1.72. The standard InChI is InChI=1S/C11H11FO3/c12-7-2-4-8-6(5-7)1-3-9(10(8)13)11(14)15/h2,4-5,9-10,13H,1,3H2,(H,14,15). The van der Waals surface area contributed by atoms with Crippen molar-refractivity contribution >= 4 is 5.97 Å². The van der Waals surface area contributed by atoms with Gasteiger partial charge in [-0.15, -0.1) is 0 Å². The van der Waals surface area contributed by atoms with Crippen LogP contribution in [0.2, 0.25) is 0 Å². The average Bonchev–Trinajstić information content (AvgIpc) is 2.17. The van der Waals surface area contributed by atoms with Crippen molar-refractivity contribution in [3.63, 3.8) is 0 Å². The van der Waals surface area contributed by atoms with Crippen LogP contribution in [0.15, 0.2) is 18.2 Å². The Kier molecular flexibility index (Phi) is 2.44. The van der Waals surface area contributed by atoms with E-state index in [4.69, 9.17) is 5.11 Å². The number of aryl methyl sites for hydroxylation is 1. The van der Waals surface area contributed by atoms with Gasteiger partial charge in [-0.05, 0) is 36.1 Å². The van der Waals surface area contributed by atoms with Crippen molar-refractivity contribution in [1.29, 1.82) is 0 Å². The smallest absolute Gasteiger partial charge is 0.309 e. The van der Waals surface area contributed by atoms with Gasteiger partial charge in [-0.1, -0.05) is 6.07 Å². The van der Waals surface area contributed by atoms with E-state index in [1.807, 2.05) is 0 Å². The lowest BCUT2D eigenvalue weighted by molar-refractivity contribution is -0.146. The summed E-state index contributed by atoms with van der Waals surface area (Å²) in [6.45, 7) is 0. The molecule has 1 aliphatic rings. The van der Waals surface area contributed by atoms with Crippen molar-refractivity contribution in [1.82, 2.24) is 0 Å². The van der Waals surface area contributed by atoms with Crippen LogP contribution >= 0.6 is 0 Å². The second kappa shape index (κ2) is 3.62. The second-order valence-electron chi connectivity index (χ2n) is 3.77. The fraction of sp³-hybridized carbons (Fsp3) is 0.364. The van der Waals surface area contributed by atoms with Gasteiger partial charge in [0.15, 0.2) is 0 Å². The summed E-state index contributed by atoms with van der Waals surface area (Å²) in [5, 5.41) is 18.6. The molecule has 15 heavy (non-hydrogen) atoms. The first kappa shape index (κ1) is 10.1. The summed E-state index contributed by atoms with van der Waals surface area (Å²) in [6.07, 6.45) is -0.166. The summed E-state index contributed by atoms with van der Waals surface area (Å²) in [7, 11) is 0. The normalized spacial score (nSPS) is 24.7. The summed E-state index contributed by atoms with van der Waals surface area (Å²) >= 11 is 0. The first-order chi connectivity index (χ1) is 7.09. The van der Waals surface area contributed by atoms with E-state index in [0.29, 0.717) is 24.0 Å². The topological polar surface area (TPSA) is 57.5 Å². The van der Waals surface area contributed by atoms with Gasteiger partial charge in [-0.25, -0.2) is 4.39 Å². The number of hydrogen-bond donors (Lipinski definition) is 2. The lowest BCUT2D eigenvalue weighted by atomic mass is 9.81. The molecule has 2 atom stereocenters. The van der Waals surface area contributed by atoms with E-state index in [0.717, 1.165) is 0 Å². The van der Waals surface area contributed by atoms with Crippen molar-refractivity contribution in [3.8, 4) is 0 Å². The van der Waals surface area contributed by atoms with Crippen molar-refractivity contribution in [2.24, 2.45) is 5.92 Å². The molecule has 4 heteroatoms. The predicted molar refractivity (Wildman–Crippen MR) is 50.8 cm³/mol. The highest BCUT2D eigenvalue weighted by Gasteiger charge is 2.32. The molecule has 2 rings (SSSR count). The minimum absolute atomic E-state index is 0.352. The third-order valence-corrected chi connectivity index (χ3v) is 2.85.